The topological polar surface area (TPSA) is 65.0 Å². The van der Waals surface area contributed by atoms with Gasteiger partial charge in [-0.05, 0) is 76.9 Å². The number of furan rings is 2. The summed E-state index contributed by atoms with van der Waals surface area (Å²) in [6.45, 7) is 0. The maximum atomic E-state index is 6.75. The van der Waals surface area contributed by atoms with Crippen molar-refractivity contribution in [2.24, 2.45) is 0 Å². The number of para-hydroxylation sites is 1. The van der Waals surface area contributed by atoms with Gasteiger partial charge in [0.1, 0.15) is 22.3 Å². The molecule has 3 heterocycles. The smallest absolute Gasteiger partial charge is 0.164 e. The quantitative estimate of drug-likeness (QED) is 0.187. The molecule has 244 valence electrons. The minimum Gasteiger partial charge on any atom is -0.456 e. The molecule has 0 fully saturated rings. The molecule has 11 rings (SSSR count). The lowest BCUT2D eigenvalue weighted by Gasteiger charge is -2.17. The Morgan fingerprint density at radius 3 is 2.06 bits per heavy atom. The molecular weight excluding hydrogens is 639 g/mol. The molecule has 0 saturated heterocycles. The third-order valence-corrected chi connectivity index (χ3v) is 10.4. The molecule has 0 bridgehead atoms. The highest BCUT2D eigenvalue weighted by Gasteiger charge is 2.22. The van der Waals surface area contributed by atoms with Crippen LogP contribution in [0.5, 0.6) is 0 Å². The molecule has 0 aliphatic heterocycles. The average molecular weight is 668 g/mol. The Kier molecular flexibility index (Phi) is 6.31. The molecule has 1 aliphatic rings. The van der Waals surface area contributed by atoms with Crippen molar-refractivity contribution in [1.29, 1.82) is 0 Å². The molecule has 0 spiro atoms. The fourth-order valence-corrected chi connectivity index (χ4v) is 7.97. The summed E-state index contributed by atoms with van der Waals surface area (Å²) in [4.78, 5) is 15.4. The predicted octanol–water partition coefficient (Wildman–Crippen LogP) is 12.5. The first-order valence-corrected chi connectivity index (χ1v) is 17.7. The number of fused-ring (bicyclic) bond motifs is 9. The van der Waals surface area contributed by atoms with E-state index in [1.54, 1.807) is 0 Å². The van der Waals surface area contributed by atoms with Gasteiger partial charge in [0.25, 0.3) is 0 Å². The van der Waals surface area contributed by atoms with Gasteiger partial charge in [-0.3, -0.25) is 0 Å². The van der Waals surface area contributed by atoms with E-state index in [1.165, 1.54) is 27.6 Å². The second kappa shape index (κ2) is 11.3. The van der Waals surface area contributed by atoms with E-state index in [1.807, 2.05) is 72.8 Å². The summed E-state index contributed by atoms with van der Waals surface area (Å²) in [5, 5.41) is 6.35. The van der Waals surface area contributed by atoms with Crippen LogP contribution < -0.4 is 0 Å². The van der Waals surface area contributed by atoms with Crippen molar-refractivity contribution >= 4 is 60.7 Å². The van der Waals surface area contributed by atoms with Crippen LogP contribution in [0.4, 0.5) is 0 Å². The first kappa shape index (κ1) is 28.9. The fraction of sp³-hybridized carbons (Fsp3) is 0.0426. The monoisotopic (exact) mass is 667 g/mol. The molecule has 5 nitrogen and oxygen atoms in total. The molecule has 0 atom stereocenters. The van der Waals surface area contributed by atoms with Gasteiger partial charge in [0, 0.05) is 43.6 Å². The van der Waals surface area contributed by atoms with Crippen LogP contribution in [0.15, 0.2) is 154 Å². The van der Waals surface area contributed by atoms with Crippen LogP contribution >= 0.6 is 0 Å². The van der Waals surface area contributed by atoms with E-state index in [9.17, 15) is 0 Å². The highest BCUT2D eigenvalue weighted by molar-refractivity contribution is 6.22. The first-order valence-electron chi connectivity index (χ1n) is 17.7. The maximum Gasteiger partial charge on any atom is 0.164 e. The van der Waals surface area contributed by atoms with Gasteiger partial charge in [0.15, 0.2) is 17.5 Å². The Balaban J connectivity index is 1.18. The van der Waals surface area contributed by atoms with E-state index in [-0.39, 0.29) is 0 Å². The highest BCUT2D eigenvalue weighted by atomic mass is 16.3. The van der Waals surface area contributed by atoms with E-state index >= 15 is 0 Å². The number of nitrogens with zero attached hydrogens (tertiary/aromatic N) is 3. The van der Waals surface area contributed by atoms with E-state index < -0.39 is 0 Å². The first-order chi connectivity index (χ1) is 25.8. The van der Waals surface area contributed by atoms with Gasteiger partial charge in [-0.2, -0.15) is 0 Å². The second-order valence-electron chi connectivity index (χ2n) is 13.4. The zero-order chi connectivity index (χ0) is 34.2. The minimum atomic E-state index is 0.587. The lowest BCUT2D eigenvalue weighted by molar-refractivity contribution is 0.669. The van der Waals surface area contributed by atoms with Crippen LogP contribution in [0.3, 0.4) is 0 Å². The minimum absolute atomic E-state index is 0.587. The van der Waals surface area contributed by atoms with Crippen LogP contribution in [-0.2, 0) is 6.42 Å². The Morgan fingerprint density at radius 1 is 0.442 bits per heavy atom. The van der Waals surface area contributed by atoms with Gasteiger partial charge >= 0.3 is 0 Å². The zero-order valence-electron chi connectivity index (χ0n) is 28.0. The number of hydrogen-bond donors (Lipinski definition) is 0. The Bertz CT molecular complexity index is 3080. The maximum absolute atomic E-state index is 6.75. The largest absolute Gasteiger partial charge is 0.456 e. The van der Waals surface area contributed by atoms with Crippen molar-refractivity contribution in [2.75, 3.05) is 0 Å². The number of aryl methyl sites for hydroxylation is 1. The average Bonchev–Trinajstić information content (AvgIpc) is 3.79. The molecule has 10 aromatic rings. The summed E-state index contributed by atoms with van der Waals surface area (Å²) in [5.41, 5.74) is 11.1. The van der Waals surface area contributed by atoms with E-state index in [4.69, 9.17) is 23.8 Å². The third-order valence-electron chi connectivity index (χ3n) is 10.4. The van der Waals surface area contributed by atoms with Crippen molar-refractivity contribution < 1.29 is 8.83 Å². The van der Waals surface area contributed by atoms with Crippen LogP contribution in [0.2, 0.25) is 0 Å². The number of aromatic nitrogens is 3. The summed E-state index contributed by atoms with van der Waals surface area (Å²) < 4.78 is 12.9. The van der Waals surface area contributed by atoms with Crippen LogP contribution in [-0.4, -0.2) is 15.0 Å². The fourth-order valence-electron chi connectivity index (χ4n) is 7.97. The van der Waals surface area contributed by atoms with Crippen molar-refractivity contribution in [3.63, 3.8) is 0 Å². The number of allylic oxidation sites excluding steroid dienone is 1. The van der Waals surface area contributed by atoms with E-state index in [0.29, 0.717) is 17.5 Å². The molecule has 52 heavy (non-hydrogen) atoms. The molecule has 3 aromatic heterocycles. The Hall–Kier alpha value is -6.85. The molecule has 7 aromatic carbocycles. The Morgan fingerprint density at radius 2 is 1.15 bits per heavy atom. The second-order valence-corrected chi connectivity index (χ2v) is 13.4. The standard InChI is InChI=1S/C47H29N3O2/c1-2-13-29(14-3-1)45-48-46(30-24-25-41-38(26-30)34-18-8-9-22-40(34)51-41)50-47(49-45)36-21-11-23-42-43(36)39-27-37(33-17-6-7-19-35(33)44(39)52-42)32-20-10-15-28-12-4-5-16-31(28)32/h1-3,5-11,13-27H,4,12H2. The summed E-state index contributed by atoms with van der Waals surface area (Å²) in [7, 11) is 0. The molecule has 0 unspecified atom stereocenters. The molecular formula is C47H29N3O2. The Labute approximate surface area is 298 Å². The summed E-state index contributed by atoms with van der Waals surface area (Å²) in [6, 6.07) is 48.1. The molecule has 1 aliphatic carbocycles. The number of benzene rings is 7. The summed E-state index contributed by atoms with van der Waals surface area (Å²) in [6.07, 6.45) is 6.69. The van der Waals surface area contributed by atoms with Gasteiger partial charge in [-0.1, -0.05) is 115 Å². The van der Waals surface area contributed by atoms with Crippen molar-refractivity contribution in [2.45, 2.75) is 12.8 Å². The SMILES string of the molecule is C1=Cc2c(cccc2-c2cc3c(oc4cccc(-c5nc(-c6ccccc6)nc(-c6ccc7oc8ccccc8c7c6)n5)c43)c3ccccc23)CC1. The molecule has 0 radical (unpaired) electrons. The zero-order valence-corrected chi connectivity index (χ0v) is 28.0. The van der Waals surface area contributed by atoms with Crippen molar-refractivity contribution in [1.82, 2.24) is 15.0 Å². The van der Waals surface area contributed by atoms with Gasteiger partial charge in [0.2, 0.25) is 0 Å². The summed E-state index contributed by atoms with van der Waals surface area (Å²) >= 11 is 0. The van der Waals surface area contributed by atoms with Crippen molar-refractivity contribution in [3.05, 3.63) is 157 Å². The van der Waals surface area contributed by atoms with Gasteiger partial charge in [0.05, 0.1) is 0 Å². The van der Waals surface area contributed by atoms with Gasteiger partial charge in [-0.25, -0.2) is 15.0 Å². The number of hydrogen-bond acceptors (Lipinski definition) is 5. The predicted molar refractivity (Wildman–Crippen MR) is 211 cm³/mol. The summed E-state index contributed by atoms with van der Waals surface area (Å²) in [5.74, 6) is 1.79. The van der Waals surface area contributed by atoms with Crippen molar-refractivity contribution in [3.8, 4) is 45.3 Å². The van der Waals surface area contributed by atoms with E-state index in [0.717, 1.165) is 78.8 Å². The highest BCUT2D eigenvalue weighted by Crippen LogP contribution is 2.44. The van der Waals surface area contributed by atoms with Gasteiger partial charge in [-0.15, -0.1) is 0 Å². The van der Waals surface area contributed by atoms with Gasteiger partial charge < -0.3 is 8.83 Å². The molecule has 0 amide bonds. The lowest BCUT2D eigenvalue weighted by atomic mass is 9.87. The number of rotatable bonds is 4. The van der Waals surface area contributed by atoms with Crippen LogP contribution in [0.25, 0.3) is 106 Å². The third kappa shape index (κ3) is 4.46. The lowest BCUT2D eigenvalue weighted by Crippen LogP contribution is -2.00. The van der Waals surface area contributed by atoms with E-state index in [2.05, 4.69) is 78.9 Å². The van der Waals surface area contributed by atoms with Crippen LogP contribution in [0, 0.1) is 0 Å². The molecule has 0 N–H and O–H groups in total. The molecule has 0 saturated carbocycles. The van der Waals surface area contributed by atoms with Crippen LogP contribution in [0.1, 0.15) is 17.5 Å². The normalized spacial score (nSPS) is 12.8. The molecule has 5 heteroatoms.